The molecule has 0 heterocycles. The van der Waals surface area contributed by atoms with E-state index < -0.39 is 10.8 Å². The maximum absolute atomic E-state index is 11.9. The van der Waals surface area contributed by atoms with Crippen molar-refractivity contribution in [3.8, 4) is 0 Å². The van der Waals surface area contributed by atoms with Gasteiger partial charge in [-0.2, -0.15) is 0 Å². The number of nitrogens with one attached hydrogen (secondary N) is 2. The maximum Gasteiger partial charge on any atom is 0.270 e. The zero-order valence-electron chi connectivity index (χ0n) is 11.4. The molecule has 0 bridgehead atoms. The Morgan fingerprint density at radius 2 is 1.77 bits per heavy atom. The van der Waals surface area contributed by atoms with Gasteiger partial charge < -0.3 is 0 Å². The lowest BCUT2D eigenvalue weighted by atomic mass is 10.1. The molecule has 0 saturated carbocycles. The van der Waals surface area contributed by atoms with Gasteiger partial charge in [0.2, 0.25) is 0 Å². The van der Waals surface area contributed by atoms with E-state index in [9.17, 15) is 14.9 Å². The Bertz CT molecular complexity index is 746. The molecule has 1 amide bonds. The lowest BCUT2D eigenvalue weighted by Gasteiger charge is -2.11. The van der Waals surface area contributed by atoms with Gasteiger partial charge in [-0.25, -0.2) is 0 Å². The van der Waals surface area contributed by atoms with Crippen LogP contribution in [0.2, 0.25) is 5.02 Å². The first-order valence-corrected chi connectivity index (χ1v) is 6.61. The van der Waals surface area contributed by atoms with Crippen molar-refractivity contribution in [3.63, 3.8) is 0 Å². The first-order valence-electron chi connectivity index (χ1n) is 6.23. The topological polar surface area (TPSA) is 84.3 Å². The lowest BCUT2D eigenvalue weighted by molar-refractivity contribution is -0.384. The summed E-state index contributed by atoms with van der Waals surface area (Å²) in [4.78, 5) is 22.2. The number of benzene rings is 2. The van der Waals surface area contributed by atoms with Crippen LogP contribution in [0, 0.1) is 10.1 Å². The quantitative estimate of drug-likeness (QED) is 0.655. The van der Waals surface area contributed by atoms with Crippen molar-refractivity contribution < 1.29 is 9.72 Å². The summed E-state index contributed by atoms with van der Waals surface area (Å²) in [6.45, 7) is 3.73. The van der Waals surface area contributed by atoms with Crippen LogP contribution in [0.15, 0.2) is 55.1 Å². The van der Waals surface area contributed by atoms with E-state index in [-0.39, 0.29) is 5.69 Å². The second kappa shape index (κ2) is 6.73. The number of carbonyl (C=O) groups excluding carboxylic acids is 1. The number of nitrogens with zero attached hydrogens (tertiary/aromatic N) is 1. The predicted molar refractivity (Wildman–Crippen MR) is 84.2 cm³/mol. The molecule has 0 aliphatic heterocycles. The SMILES string of the molecule is C=C(NNC(=O)c1cccc(Cl)c1)c1cccc([N+](=O)[O-])c1. The lowest BCUT2D eigenvalue weighted by Crippen LogP contribution is -2.35. The third kappa shape index (κ3) is 3.83. The van der Waals surface area contributed by atoms with E-state index in [1.807, 2.05) is 0 Å². The molecule has 0 radical (unpaired) electrons. The summed E-state index contributed by atoms with van der Waals surface area (Å²) in [5.41, 5.74) is 6.24. The van der Waals surface area contributed by atoms with Crippen molar-refractivity contribution in [2.24, 2.45) is 0 Å². The van der Waals surface area contributed by atoms with E-state index in [2.05, 4.69) is 17.4 Å². The molecule has 6 nitrogen and oxygen atoms in total. The Morgan fingerprint density at radius 1 is 1.09 bits per heavy atom. The number of hydrogen-bond acceptors (Lipinski definition) is 4. The third-order valence-corrected chi connectivity index (χ3v) is 3.05. The van der Waals surface area contributed by atoms with E-state index in [1.54, 1.807) is 30.3 Å². The minimum absolute atomic E-state index is 0.0541. The molecule has 0 spiro atoms. The standard InChI is InChI=1S/C15H12ClN3O3/c1-10(11-4-3-7-14(9-11)19(21)22)17-18-15(20)12-5-2-6-13(16)8-12/h2-9,17H,1H2,(H,18,20). The summed E-state index contributed by atoms with van der Waals surface area (Å²) in [5, 5.41) is 11.2. The largest absolute Gasteiger partial charge is 0.298 e. The number of carbonyl (C=O) groups is 1. The Balaban J connectivity index is 2.02. The van der Waals surface area contributed by atoms with Crippen LogP contribution in [0.5, 0.6) is 0 Å². The van der Waals surface area contributed by atoms with Crippen molar-refractivity contribution in [1.29, 1.82) is 0 Å². The molecule has 0 aromatic heterocycles. The first-order chi connectivity index (χ1) is 10.5. The summed E-state index contributed by atoms with van der Waals surface area (Å²) < 4.78 is 0. The second-order valence-corrected chi connectivity index (χ2v) is 4.81. The van der Waals surface area contributed by atoms with Crippen LogP contribution in [0.25, 0.3) is 5.70 Å². The first kappa shape index (κ1) is 15.5. The molecule has 0 aliphatic carbocycles. The molecule has 2 aromatic rings. The van der Waals surface area contributed by atoms with E-state index in [0.29, 0.717) is 21.8 Å². The highest BCUT2D eigenvalue weighted by molar-refractivity contribution is 6.30. The number of amides is 1. The smallest absolute Gasteiger partial charge is 0.270 e. The molecular weight excluding hydrogens is 306 g/mol. The highest BCUT2D eigenvalue weighted by Crippen LogP contribution is 2.17. The zero-order valence-corrected chi connectivity index (χ0v) is 12.1. The minimum atomic E-state index is -0.499. The predicted octanol–water partition coefficient (Wildman–Crippen LogP) is 3.15. The monoisotopic (exact) mass is 317 g/mol. The van der Waals surface area contributed by atoms with E-state index in [4.69, 9.17) is 11.6 Å². The van der Waals surface area contributed by atoms with Gasteiger partial charge in [-0.3, -0.25) is 25.8 Å². The van der Waals surface area contributed by atoms with Crippen LogP contribution < -0.4 is 10.9 Å². The van der Waals surface area contributed by atoms with Crippen molar-refractivity contribution in [2.75, 3.05) is 0 Å². The van der Waals surface area contributed by atoms with Gasteiger partial charge in [0.25, 0.3) is 11.6 Å². The fraction of sp³-hybridized carbons (Fsp3) is 0. The van der Waals surface area contributed by atoms with Crippen LogP contribution >= 0.6 is 11.6 Å². The van der Waals surface area contributed by atoms with Gasteiger partial charge in [-0.05, 0) is 18.2 Å². The average Bonchev–Trinajstić information content (AvgIpc) is 2.52. The van der Waals surface area contributed by atoms with Crippen molar-refractivity contribution in [1.82, 2.24) is 10.9 Å². The Morgan fingerprint density at radius 3 is 2.45 bits per heavy atom. The molecule has 2 rings (SSSR count). The molecule has 22 heavy (non-hydrogen) atoms. The molecule has 112 valence electrons. The van der Waals surface area contributed by atoms with E-state index in [0.717, 1.165) is 0 Å². The van der Waals surface area contributed by atoms with Crippen LogP contribution in [0.4, 0.5) is 5.69 Å². The van der Waals surface area contributed by atoms with Gasteiger partial charge in [0.15, 0.2) is 0 Å². The van der Waals surface area contributed by atoms with Gasteiger partial charge in [0, 0.05) is 28.3 Å². The molecule has 0 saturated heterocycles. The third-order valence-electron chi connectivity index (χ3n) is 2.82. The number of rotatable bonds is 5. The van der Waals surface area contributed by atoms with E-state index >= 15 is 0 Å². The normalized spacial score (nSPS) is 9.86. The number of non-ortho nitro benzene ring substituents is 1. The molecule has 2 aromatic carbocycles. The average molecular weight is 318 g/mol. The number of nitro benzene ring substituents is 1. The van der Waals surface area contributed by atoms with E-state index in [1.165, 1.54) is 18.2 Å². The summed E-state index contributed by atoms with van der Waals surface area (Å²) in [6, 6.07) is 12.4. The number of halogens is 1. The minimum Gasteiger partial charge on any atom is -0.298 e. The van der Waals surface area contributed by atoms with Gasteiger partial charge in [0.05, 0.1) is 10.6 Å². The fourth-order valence-electron chi connectivity index (χ4n) is 1.71. The molecule has 7 heteroatoms. The van der Waals surface area contributed by atoms with Crippen molar-refractivity contribution in [2.45, 2.75) is 0 Å². The van der Waals surface area contributed by atoms with Crippen molar-refractivity contribution in [3.05, 3.63) is 81.4 Å². The van der Waals surface area contributed by atoms with Crippen LogP contribution in [0.1, 0.15) is 15.9 Å². The molecule has 0 atom stereocenters. The van der Waals surface area contributed by atoms with Gasteiger partial charge in [-0.1, -0.05) is 36.4 Å². The Kier molecular flexibility index (Phi) is 4.75. The molecule has 0 fully saturated rings. The molecule has 0 unspecified atom stereocenters. The fourth-order valence-corrected chi connectivity index (χ4v) is 1.90. The highest BCUT2D eigenvalue weighted by atomic mass is 35.5. The molecule has 0 aliphatic rings. The Hall–Kier alpha value is -2.86. The summed E-state index contributed by atoms with van der Waals surface area (Å²) in [5.74, 6) is -0.394. The van der Waals surface area contributed by atoms with Gasteiger partial charge >= 0.3 is 0 Å². The molecular formula is C15H12ClN3O3. The van der Waals surface area contributed by atoms with Crippen LogP contribution in [0.3, 0.4) is 0 Å². The molecule has 2 N–H and O–H groups in total. The summed E-state index contributed by atoms with van der Waals surface area (Å²) in [6.07, 6.45) is 0. The maximum atomic E-state index is 11.9. The van der Waals surface area contributed by atoms with Crippen LogP contribution in [-0.4, -0.2) is 10.8 Å². The summed E-state index contributed by atoms with van der Waals surface area (Å²) >= 11 is 5.81. The van der Waals surface area contributed by atoms with Gasteiger partial charge in [-0.15, -0.1) is 0 Å². The second-order valence-electron chi connectivity index (χ2n) is 4.38. The highest BCUT2D eigenvalue weighted by Gasteiger charge is 2.09. The Labute approximate surface area is 131 Å². The summed E-state index contributed by atoms with van der Waals surface area (Å²) in [7, 11) is 0. The van der Waals surface area contributed by atoms with Gasteiger partial charge in [0.1, 0.15) is 0 Å². The van der Waals surface area contributed by atoms with Crippen molar-refractivity contribution >= 4 is 28.9 Å². The zero-order chi connectivity index (χ0) is 16.1. The number of hydrogen-bond donors (Lipinski definition) is 2. The van der Waals surface area contributed by atoms with Crippen LogP contribution in [-0.2, 0) is 0 Å². The number of nitro groups is 1. The number of hydrazine groups is 1.